The second-order valence-electron chi connectivity index (χ2n) is 3.95. The molecule has 15 heavy (non-hydrogen) atoms. The molecule has 0 radical (unpaired) electrons. The normalized spacial score (nSPS) is 9.13. The summed E-state index contributed by atoms with van der Waals surface area (Å²) in [6, 6.07) is 0. The SMILES string of the molecule is CCCCCCCC(=O)N(C)C.CNC. The van der Waals surface area contributed by atoms with E-state index < -0.39 is 0 Å². The van der Waals surface area contributed by atoms with Crippen LogP contribution in [0.4, 0.5) is 0 Å². The molecule has 0 aromatic carbocycles. The van der Waals surface area contributed by atoms with E-state index in [1.165, 1.54) is 25.7 Å². The molecule has 0 fully saturated rings. The van der Waals surface area contributed by atoms with Crippen LogP contribution in [0.3, 0.4) is 0 Å². The molecule has 0 bridgehead atoms. The summed E-state index contributed by atoms with van der Waals surface area (Å²) in [7, 11) is 7.38. The Morgan fingerprint density at radius 1 is 1.07 bits per heavy atom. The van der Waals surface area contributed by atoms with Gasteiger partial charge in [-0.2, -0.15) is 0 Å². The van der Waals surface area contributed by atoms with Crippen molar-refractivity contribution < 1.29 is 4.79 Å². The van der Waals surface area contributed by atoms with Crippen LogP contribution in [-0.4, -0.2) is 39.0 Å². The molecule has 0 spiro atoms. The first kappa shape index (κ1) is 16.8. The number of carbonyl (C=O) groups excluding carboxylic acids is 1. The number of hydrogen-bond acceptors (Lipinski definition) is 2. The number of hydrogen-bond donors (Lipinski definition) is 1. The van der Waals surface area contributed by atoms with Crippen LogP contribution in [0.15, 0.2) is 0 Å². The van der Waals surface area contributed by atoms with Crippen molar-refractivity contribution in [2.75, 3.05) is 28.2 Å². The first-order chi connectivity index (χ1) is 7.09. The van der Waals surface area contributed by atoms with Gasteiger partial charge in [0.2, 0.25) is 5.91 Å². The lowest BCUT2D eigenvalue weighted by Gasteiger charge is -2.09. The molecule has 0 aliphatic heterocycles. The number of rotatable bonds is 6. The van der Waals surface area contributed by atoms with Gasteiger partial charge in [0.25, 0.3) is 0 Å². The van der Waals surface area contributed by atoms with E-state index in [0.29, 0.717) is 0 Å². The van der Waals surface area contributed by atoms with Crippen LogP contribution in [0.5, 0.6) is 0 Å². The lowest BCUT2D eigenvalue weighted by Crippen LogP contribution is -2.20. The molecular formula is C12H28N2O. The average molecular weight is 216 g/mol. The maximum absolute atomic E-state index is 11.1. The van der Waals surface area contributed by atoms with E-state index in [0.717, 1.165) is 12.8 Å². The molecule has 3 nitrogen and oxygen atoms in total. The van der Waals surface area contributed by atoms with Crippen LogP contribution in [-0.2, 0) is 4.79 Å². The van der Waals surface area contributed by atoms with Gasteiger partial charge in [-0.15, -0.1) is 0 Å². The molecule has 0 saturated heterocycles. The molecule has 1 N–H and O–H groups in total. The summed E-state index contributed by atoms with van der Waals surface area (Å²) in [6.07, 6.45) is 6.82. The second-order valence-corrected chi connectivity index (χ2v) is 3.95. The monoisotopic (exact) mass is 216 g/mol. The third kappa shape index (κ3) is 16.1. The zero-order chi connectivity index (χ0) is 12.1. The molecule has 0 rings (SSSR count). The summed E-state index contributed by atoms with van der Waals surface area (Å²) in [6.45, 7) is 2.20. The van der Waals surface area contributed by atoms with Crippen molar-refractivity contribution in [3.05, 3.63) is 0 Å². The molecule has 3 heteroatoms. The molecule has 0 atom stereocenters. The third-order valence-electron chi connectivity index (χ3n) is 1.99. The van der Waals surface area contributed by atoms with Gasteiger partial charge >= 0.3 is 0 Å². The Morgan fingerprint density at radius 3 is 1.93 bits per heavy atom. The van der Waals surface area contributed by atoms with Crippen LogP contribution in [0.2, 0.25) is 0 Å². The van der Waals surface area contributed by atoms with E-state index in [-0.39, 0.29) is 5.91 Å². The first-order valence-corrected chi connectivity index (χ1v) is 5.88. The Kier molecular flexibility index (Phi) is 15.1. The largest absolute Gasteiger partial charge is 0.349 e. The molecule has 92 valence electrons. The van der Waals surface area contributed by atoms with E-state index in [9.17, 15) is 4.79 Å². The lowest BCUT2D eigenvalue weighted by molar-refractivity contribution is -0.128. The maximum atomic E-state index is 11.1. The molecule has 1 amide bonds. The van der Waals surface area contributed by atoms with Crippen molar-refractivity contribution in [3.63, 3.8) is 0 Å². The standard InChI is InChI=1S/C10H21NO.C2H7N/c1-4-5-6-7-8-9-10(12)11(2)3;1-3-2/h4-9H2,1-3H3;3H,1-2H3. The predicted molar refractivity (Wildman–Crippen MR) is 67.1 cm³/mol. The Bertz CT molecular complexity index is 136. The van der Waals surface area contributed by atoms with Gasteiger partial charge in [0.1, 0.15) is 0 Å². The van der Waals surface area contributed by atoms with Crippen LogP contribution in [0.25, 0.3) is 0 Å². The fourth-order valence-corrected chi connectivity index (χ4v) is 1.10. The van der Waals surface area contributed by atoms with E-state index in [2.05, 4.69) is 12.2 Å². The van der Waals surface area contributed by atoms with Crippen molar-refractivity contribution in [1.82, 2.24) is 10.2 Å². The van der Waals surface area contributed by atoms with Gasteiger partial charge in [0.15, 0.2) is 0 Å². The summed E-state index contributed by atoms with van der Waals surface area (Å²) in [5, 5.41) is 2.75. The minimum Gasteiger partial charge on any atom is -0.349 e. The summed E-state index contributed by atoms with van der Waals surface area (Å²) in [5.41, 5.74) is 0. The van der Waals surface area contributed by atoms with Gasteiger partial charge < -0.3 is 10.2 Å². The average Bonchev–Trinajstić information content (AvgIpc) is 2.18. The molecule has 0 aromatic rings. The Hall–Kier alpha value is -0.570. The molecule has 0 aromatic heterocycles. The highest BCUT2D eigenvalue weighted by molar-refractivity contribution is 5.75. The smallest absolute Gasteiger partial charge is 0.222 e. The van der Waals surface area contributed by atoms with E-state index in [1.54, 1.807) is 4.90 Å². The fraction of sp³-hybridized carbons (Fsp3) is 0.917. The second kappa shape index (κ2) is 13.4. The topological polar surface area (TPSA) is 32.3 Å². The highest BCUT2D eigenvalue weighted by Gasteiger charge is 2.01. The Labute approximate surface area is 95.2 Å². The van der Waals surface area contributed by atoms with Crippen LogP contribution < -0.4 is 5.32 Å². The van der Waals surface area contributed by atoms with Crippen molar-refractivity contribution in [3.8, 4) is 0 Å². The summed E-state index contributed by atoms with van der Waals surface area (Å²) in [5.74, 6) is 0.256. The minimum absolute atomic E-state index is 0.256. The Morgan fingerprint density at radius 2 is 1.53 bits per heavy atom. The van der Waals surface area contributed by atoms with Gasteiger partial charge in [0, 0.05) is 20.5 Å². The maximum Gasteiger partial charge on any atom is 0.222 e. The molecule has 0 aliphatic carbocycles. The number of nitrogens with one attached hydrogen (secondary N) is 1. The van der Waals surface area contributed by atoms with Gasteiger partial charge in [-0.1, -0.05) is 32.6 Å². The highest BCUT2D eigenvalue weighted by Crippen LogP contribution is 2.05. The van der Waals surface area contributed by atoms with Gasteiger partial charge in [-0.05, 0) is 20.5 Å². The van der Waals surface area contributed by atoms with Gasteiger partial charge in [-0.3, -0.25) is 4.79 Å². The van der Waals surface area contributed by atoms with Crippen molar-refractivity contribution >= 4 is 5.91 Å². The zero-order valence-corrected chi connectivity index (χ0v) is 11.1. The number of nitrogens with zero attached hydrogens (tertiary/aromatic N) is 1. The van der Waals surface area contributed by atoms with Gasteiger partial charge in [-0.25, -0.2) is 0 Å². The van der Waals surface area contributed by atoms with E-state index in [1.807, 2.05) is 28.2 Å². The summed E-state index contributed by atoms with van der Waals surface area (Å²) >= 11 is 0. The fourth-order valence-electron chi connectivity index (χ4n) is 1.10. The minimum atomic E-state index is 0.256. The zero-order valence-electron chi connectivity index (χ0n) is 11.1. The third-order valence-corrected chi connectivity index (χ3v) is 1.99. The van der Waals surface area contributed by atoms with Crippen molar-refractivity contribution in [2.45, 2.75) is 45.4 Å². The highest BCUT2D eigenvalue weighted by atomic mass is 16.2. The molecule has 0 heterocycles. The summed E-state index contributed by atoms with van der Waals surface area (Å²) < 4.78 is 0. The van der Waals surface area contributed by atoms with E-state index in [4.69, 9.17) is 0 Å². The summed E-state index contributed by atoms with van der Waals surface area (Å²) in [4.78, 5) is 12.8. The van der Waals surface area contributed by atoms with Crippen LogP contribution >= 0.6 is 0 Å². The number of carbonyl (C=O) groups is 1. The van der Waals surface area contributed by atoms with E-state index >= 15 is 0 Å². The van der Waals surface area contributed by atoms with Crippen molar-refractivity contribution in [2.24, 2.45) is 0 Å². The Balaban J connectivity index is 0. The van der Waals surface area contributed by atoms with Crippen LogP contribution in [0, 0.1) is 0 Å². The molecule has 0 saturated carbocycles. The predicted octanol–water partition coefficient (Wildman–Crippen LogP) is 2.27. The molecule has 0 unspecified atom stereocenters. The molecule has 0 aliphatic rings. The molecular weight excluding hydrogens is 188 g/mol. The lowest BCUT2D eigenvalue weighted by atomic mass is 10.1. The quantitative estimate of drug-likeness (QED) is 0.691. The van der Waals surface area contributed by atoms with Gasteiger partial charge in [0.05, 0.1) is 0 Å². The first-order valence-electron chi connectivity index (χ1n) is 5.88. The van der Waals surface area contributed by atoms with Crippen molar-refractivity contribution in [1.29, 1.82) is 0 Å². The number of amides is 1. The number of unbranched alkanes of at least 4 members (excludes halogenated alkanes) is 4. The van der Waals surface area contributed by atoms with Crippen LogP contribution in [0.1, 0.15) is 45.4 Å².